The summed E-state index contributed by atoms with van der Waals surface area (Å²) in [6.07, 6.45) is 3.45. The summed E-state index contributed by atoms with van der Waals surface area (Å²) >= 11 is 1.33. The Labute approximate surface area is 195 Å². The first-order valence-corrected chi connectivity index (χ1v) is 11.9. The molecule has 1 unspecified atom stereocenters. The Bertz CT molecular complexity index is 1230. The van der Waals surface area contributed by atoms with Crippen molar-refractivity contribution in [3.8, 4) is 0 Å². The molecule has 33 heavy (non-hydrogen) atoms. The number of hydrogen-bond donors (Lipinski definition) is 3. The monoisotopic (exact) mass is 466 g/mol. The molecular formula is C23H26N6O3S. The van der Waals surface area contributed by atoms with Gasteiger partial charge in [0.05, 0.1) is 5.69 Å². The van der Waals surface area contributed by atoms with Gasteiger partial charge in [-0.25, -0.2) is 14.8 Å². The Morgan fingerprint density at radius 2 is 2.00 bits per heavy atom. The highest BCUT2D eigenvalue weighted by Crippen LogP contribution is 2.33. The van der Waals surface area contributed by atoms with E-state index < -0.39 is 6.09 Å². The summed E-state index contributed by atoms with van der Waals surface area (Å²) in [4.78, 5) is 38.1. The lowest BCUT2D eigenvalue weighted by Gasteiger charge is -2.34. The number of anilines is 2. The van der Waals surface area contributed by atoms with Crippen LogP contribution in [0.5, 0.6) is 0 Å². The number of nitrogens with one attached hydrogen (secondary N) is 1. The SMILES string of the molecule is Cc1ccc2c(N)c(C(=O)NC3CCc4cc(N5CCN(C(=O)O)CC5)ncc4C3)sc2n1. The molecule has 9 nitrogen and oxygen atoms in total. The van der Waals surface area contributed by atoms with Crippen molar-refractivity contribution in [1.82, 2.24) is 20.2 Å². The first-order valence-electron chi connectivity index (χ1n) is 11.1. The Morgan fingerprint density at radius 1 is 1.21 bits per heavy atom. The van der Waals surface area contributed by atoms with Gasteiger partial charge in [-0.3, -0.25) is 4.79 Å². The average molecular weight is 467 g/mol. The third-order valence-electron chi connectivity index (χ3n) is 6.45. The van der Waals surface area contributed by atoms with E-state index in [1.54, 1.807) is 0 Å². The summed E-state index contributed by atoms with van der Waals surface area (Å²) in [5, 5.41) is 13.1. The van der Waals surface area contributed by atoms with E-state index in [4.69, 9.17) is 10.8 Å². The fourth-order valence-electron chi connectivity index (χ4n) is 4.56. The number of thiophene rings is 1. The number of carbonyl (C=O) groups is 2. The average Bonchev–Trinajstić information content (AvgIpc) is 3.14. The number of amides is 2. The fraction of sp³-hybridized carbons (Fsp3) is 0.391. The van der Waals surface area contributed by atoms with Crippen molar-refractivity contribution in [2.24, 2.45) is 0 Å². The molecule has 1 aliphatic heterocycles. The molecule has 1 atom stereocenters. The van der Waals surface area contributed by atoms with E-state index in [0.29, 0.717) is 36.7 Å². The number of pyridine rings is 2. The van der Waals surface area contributed by atoms with Gasteiger partial charge < -0.3 is 26.0 Å². The van der Waals surface area contributed by atoms with E-state index in [1.165, 1.54) is 21.8 Å². The molecule has 0 spiro atoms. The van der Waals surface area contributed by atoms with Crippen molar-refractivity contribution in [2.45, 2.75) is 32.2 Å². The smallest absolute Gasteiger partial charge is 0.407 e. The van der Waals surface area contributed by atoms with E-state index in [-0.39, 0.29) is 11.9 Å². The molecule has 0 bridgehead atoms. The number of rotatable bonds is 3. The molecule has 3 aromatic heterocycles. The number of aromatic nitrogens is 2. The van der Waals surface area contributed by atoms with Crippen LogP contribution >= 0.6 is 11.3 Å². The van der Waals surface area contributed by atoms with Crippen molar-refractivity contribution < 1.29 is 14.7 Å². The highest BCUT2D eigenvalue weighted by Gasteiger charge is 2.26. The highest BCUT2D eigenvalue weighted by molar-refractivity contribution is 7.21. The van der Waals surface area contributed by atoms with Gasteiger partial charge in [0.25, 0.3) is 5.91 Å². The first kappa shape index (κ1) is 21.4. The van der Waals surface area contributed by atoms with Gasteiger partial charge in [-0.1, -0.05) is 0 Å². The summed E-state index contributed by atoms with van der Waals surface area (Å²) in [7, 11) is 0. The van der Waals surface area contributed by atoms with Gasteiger partial charge in [0.1, 0.15) is 15.5 Å². The molecule has 0 aromatic carbocycles. The molecule has 0 radical (unpaired) electrons. The number of carbonyl (C=O) groups excluding carboxylic acids is 1. The molecule has 2 aliphatic rings. The lowest BCUT2D eigenvalue weighted by molar-refractivity contribution is 0.0938. The summed E-state index contributed by atoms with van der Waals surface area (Å²) in [5.74, 6) is 0.740. The number of carboxylic acid groups (broad SMARTS) is 1. The quantitative estimate of drug-likeness (QED) is 0.542. The summed E-state index contributed by atoms with van der Waals surface area (Å²) in [5.41, 5.74) is 10.0. The minimum Gasteiger partial charge on any atom is -0.465 e. The predicted octanol–water partition coefficient (Wildman–Crippen LogP) is 2.67. The standard InChI is InChI=1S/C23H26N6O3S/c1-13-2-5-17-19(24)20(33-22(17)26-13)21(30)27-16-4-3-14-11-18(25-12-15(14)10-16)28-6-8-29(9-7-28)23(31)32/h2,5,11-12,16H,3-4,6-10,24H2,1H3,(H,27,30)(H,31,32). The van der Waals surface area contributed by atoms with E-state index in [9.17, 15) is 9.59 Å². The number of nitrogens with two attached hydrogens (primary N) is 1. The fourth-order valence-corrected chi connectivity index (χ4v) is 5.60. The van der Waals surface area contributed by atoms with Crippen LogP contribution in [0.15, 0.2) is 24.4 Å². The summed E-state index contributed by atoms with van der Waals surface area (Å²) in [6, 6.07) is 5.96. The maximum Gasteiger partial charge on any atom is 0.407 e. The van der Waals surface area contributed by atoms with Gasteiger partial charge in [-0.15, -0.1) is 11.3 Å². The summed E-state index contributed by atoms with van der Waals surface area (Å²) < 4.78 is 0. The van der Waals surface area contributed by atoms with E-state index >= 15 is 0 Å². The first-order chi connectivity index (χ1) is 15.9. The maximum absolute atomic E-state index is 13.0. The highest BCUT2D eigenvalue weighted by atomic mass is 32.1. The molecule has 2 amide bonds. The Kier molecular flexibility index (Phi) is 5.53. The molecule has 5 rings (SSSR count). The molecule has 1 saturated heterocycles. The van der Waals surface area contributed by atoms with Gasteiger partial charge in [-0.05, 0) is 55.5 Å². The normalized spacial score (nSPS) is 18.3. The van der Waals surface area contributed by atoms with Crippen LogP contribution in [0.2, 0.25) is 0 Å². The zero-order chi connectivity index (χ0) is 23.1. The molecule has 4 N–H and O–H groups in total. The maximum atomic E-state index is 13.0. The minimum atomic E-state index is -0.870. The zero-order valence-electron chi connectivity index (χ0n) is 18.4. The number of aryl methyl sites for hydroxylation is 2. The zero-order valence-corrected chi connectivity index (χ0v) is 19.2. The van der Waals surface area contributed by atoms with Gasteiger partial charge in [0.15, 0.2) is 0 Å². The number of hydrogen-bond acceptors (Lipinski definition) is 7. The lowest BCUT2D eigenvalue weighted by Crippen LogP contribution is -2.48. The molecule has 3 aromatic rings. The molecule has 10 heteroatoms. The number of nitrogen functional groups attached to an aromatic ring is 1. The van der Waals surface area contributed by atoms with Crippen LogP contribution in [-0.4, -0.2) is 64.2 Å². The molecule has 172 valence electrons. The van der Waals surface area contributed by atoms with Crippen LogP contribution in [0.4, 0.5) is 16.3 Å². The molecular weight excluding hydrogens is 440 g/mol. The Morgan fingerprint density at radius 3 is 2.76 bits per heavy atom. The second kappa shape index (κ2) is 8.51. The van der Waals surface area contributed by atoms with Crippen molar-refractivity contribution in [1.29, 1.82) is 0 Å². The third-order valence-corrected chi connectivity index (χ3v) is 7.56. The molecule has 1 fully saturated rings. The molecule has 1 aliphatic carbocycles. The van der Waals surface area contributed by atoms with Gasteiger partial charge in [0, 0.05) is 49.5 Å². The van der Waals surface area contributed by atoms with Crippen LogP contribution in [0, 0.1) is 6.92 Å². The minimum absolute atomic E-state index is 0.0241. The van der Waals surface area contributed by atoms with Crippen LogP contribution in [0.1, 0.15) is 32.9 Å². The summed E-state index contributed by atoms with van der Waals surface area (Å²) in [6.45, 7) is 4.17. The molecule has 0 saturated carbocycles. The lowest BCUT2D eigenvalue weighted by atomic mass is 9.89. The van der Waals surface area contributed by atoms with E-state index in [0.717, 1.165) is 46.6 Å². The van der Waals surface area contributed by atoms with Crippen LogP contribution in [0.25, 0.3) is 10.2 Å². The van der Waals surface area contributed by atoms with E-state index in [2.05, 4.69) is 26.3 Å². The second-order valence-electron chi connectivity index (χ2n) is 8.63. The van der Waals surface area contributed by atoms with Crippen molar-refractivity contribution >= 4 is 45.1 Å². The van der Waals surface area contributed by atoms with Crippen LogP contribution < -0.4 is 16.0 Å². The van der Waals surface area contributed by atoms with Crippen molar-refractivity contribution in [3.05, 3.63) is 46.1 Å². The van der Waals surface area contributed by atoms with Crippen molar-refractivity contribution in [3.63, 3.8) is 0 Å². The predicted molar refractivity (Wildman–Crippen MR) is 128 cm³/mol. The number of fused-ring (bicyclic) bond motifs is 2. The van der Waals surface area contributed by atoms with E-state index in [1.807, 2.05) is 25.3 Å². The van der Waals surface area contributed by atoms with Gasteiger partial charge in [-0.2, -0.15) is 0 Å². The van der Waals surface area contributed by atoms with Crippen LogP contribution in [0.3, 0.4) is 0 Å². The number of piperazine rings is 1. The molecule has 4 heterocycles. The Balaban J connectivity index is 1.25. The number of nitrogens with zero attached hydrogens (tertiary/aromatic N) is 4. The van der Waals surface area contributed by atoms with Crippen molar-refractivity contribution in [2.75, 3.05) is 36.8 Å². The Hall–Kier alpha value is -3.40. The third kappa shape index (κ3) is 4.18. The van der Waals surface area contributed by atoms with Gasteiger partial charge in [0.2, 0.25) is 0 Å². The topological polar surface area (TPSA) is 125 Å². The second-order valence-corrected chi connectivity index (χ2v) is 9.63. The van der Waals surface area contributed by atoms with Gasteiger partial charge >= 0.3 is 6.09 Å². The largest absolute Gasteiger partial charge is 0.465 e. The van der Waals surface area contributed by atoms with Crippen LogP contribution in [-0.2, 0) is 12.8 Å².